The van der Waals surface area contributed by atoms with Crippen LogP contribution >= 0.6 is 0 Å². The molecule has 3 aromatic carbocycles. The van der Waals surface area contributed by atoms with Crippen molar-refractivity contribution in [3.63, 3.8) is 0 Å². The number of amides is 1. The number of carbonyl (C=O) groups excluding carboxylic acids is 1. The maximum absolute atomic E-state index is 13.8. The molecule has 3 aromatic rings. The van der Waals surface area contributed by atoms with Gasteiger partial charge in [0.25, 0.3) is 5.91 Å². The van der Waals surface area contributed by atoms with Crippen LogP contribution in [0.2, 0.25) is 19.1 Å². The fraction of sp³-hybridized carbons (Fsp3) is 0.424. The van der Waals surface area contributed by atoms with E-state index >= 15 is 0 Å². The smallest absolute Gasteiger partial charge is 0.271 e. The molecule has 0 saturated heterocycles. The lowest BCUT2D eigenvalue weighted by molar-refractivity contribution is -0.143. The zero-order valence-electron chi connectivity index (χ0n) is 26.2. The molecule has 0 radical (unpaired) electrons. The molecule has 0 heterocycles. The molecule has 43 heavy (non-hydrogen) atoms. The second-order valence-corrected chi connectivity index (χ2v) is 18.1. The number of nitrogens with zero attached hydrogens (tertiary/aromatic N) is 1. The highest BCUT2D eigenvalue weighted by Crippen LogP contribution is 2.27. The van der Waals surface area contributed by atoms with E-state index < -0.39 is 24.4 Å². The summed E-state index contributed by atoms with van der Waals surface area (Å²) in [6, 6.07) is 26.4. The summed E-state index contributed by atoms with van der Waals surface area (Å²) in [5, 5.41) is 0. The number of rotatable bonds is 17. The molecule has 10 heteroatoms. The molecule has 1 unspecified atom stereocenters. The van der Waals surface area contributed by atoms with Gasteiger partial charge in [-0.1, -0.05) is 81.4 Å². The molecular weight excluding hydrogens is 581 g/mol. The fourth-order valence-electron chi connectivity index (χ4n) is 5.08. The van der Waals surface area contributed by atoms with Crippen LogP contribution in [0.15, 0.2) is 89.8 Å². The van der Waals surface area contributed by atoms with Crippen molar-refractivity contribution in [2.45, 2.75) is 70.5 Å². The number of hydroxylamine groups is 1. The van der Waals surface area contributed by atoms with Crippen LogP contribution in [0.5, 0.6) is 5.75 Å². The number of hydrogen-bond acceptors (Lipinski definition) is 6. The van der Waals surface area contributed by atoms with E-state index in [2.05, 4.69) is 32.4 Å². The van der Waals surface area contributed by atoms with Gasteiger partial charge >= 0.3 is 0 Å². The summed E-state index contributed by atoms with van der Waals surface area (Å²) in [4.78, 5) is 18.8. The Bertz CT molecular complexity index is 1370. The third-order valence-corrected chi connectivity index (χ3v) is 11.4. The van der Waals surface area contributed by atoms with Gasteiger partial charge in [-0.3, -0.25) is 9.63 Å². The largest absolute Gasteiger partial charge is 0.497 e. The highest BCUT2D eigenvalue weighted by molar-refractivity contribution is 7.89. The van der Waals surface area contributed by atoms with E-state index in [-0.39, 0.29) is 35.8 Å². The van der Waals surface area contributed by atoms with Gasteiger partial charge in [-0.15, -0.1) is 0 Å². The minimum Gasteiger partial charge on any atom is -0.497 e. The van der Waals surface area contributed by atoms with Crippen LogP contribution in [-0.2, 0) is 37.2 Å². The Morgan fingerprint density at radius 2 is 1.47 bits per heavy atom. The summed E-state index contributed by atoms with van der Waals surface area (Å²) < 4.78 is 41.0. The molecule has 0 fully saturated rings. The Morgan fingerprint density at radius 3 is 2.02 bits per heavy atom. The van der Waals surface area contributed by atoms with Gasteiger partial charge < -0.3 is 9.16 Å². The zero-order valence-corrected chi connectivity index (χ0v) is 28.0. The van der Waals surface area contributed by atoms with E-state index in [9.17, 15) is 13.2 Å². The number of hydrogen-bond donors (Lipinski definition) is 1. The summed E-state index contributed by atoms with van der Waals surface area (Å²) in [7, 11) is -4.67. The molecular formula is C33H46N2O6SSi. The first kappa shape index (κ1) is 34.5. The number of benzene rings is 3. The standard InChI is InChI=1S/C33H46N2O6SSi/c1-26(2)21-32(33(36)34-40-24-29-15-11-8-12-16-29)41-43(5,6)25-27(3)22-35(23-28-13-9-7-10-14-28)42(37,38)31-19-17-30(39-4)18-20-31/h7-20,26-27,32H,21-25H2,1-6H3,(H,34,36)/t27-,32?/m1/s1. The van der Waals surface area contributed by atoms with Gasteiger partial charge in [-0.25, -0.2) is 13.9 Å². The Balaban J connectivity index is 1.70. The second-order valence-electron chi connectivity index (χ2n) is 12.0. The molecule has 2 atom stereocenters. The van der Waals surface area contributed by atoms with Crippen LogP contribution < -0.4 is 10.2 Å². The highest BCUT2D eigenvalue weighted by atomic mass is 32.2. The van der Waals surface area contributed by atoms with Crippen molar-refractivity contribution in [1.82, 2.24) is 9.79 Å². The predicted octanol–water partition coefficient (Wildman–Crippen LogP) is 6.41. The van der Waals surface area contributed by atoms with Gasteiger partial charge in [-0.2, -0.15) is 4.31 Å². The van der Waals surface area contributed by atoms with Crippen LogP contribution in [0.4, 0.5) is 0 Å². The van der Waals surface area contributed by atoms with Crippen molar-refractivity contribution in [2.75, 3.05) is 13.7 Å². The third kappa shape index (κ3) is 11.2. The average Bonchev–Trinajstić information content (AvgIpc) is 2.97. The molecule has 3 rings (SSSR count). The third-order valence-electron chi connectivity index (χ3n) is 6.95. The van der Waals surface area contributed by atoms with Crippen LogP contribution in [0, 0.1) is 11.8 Å². The van der Waals surface area contributed by atoms with Gasteiger partial charge in [0, 0.05) is 13.1 Å². The Hall–Kier alpha value is -3.02. The Morgan fingerprint density at radius 1 is 0.884 bits per heavy atom. The lowest BCUT2D eigenvalue weighted by atomic mass is 10.1. The molecule has 0 aliphatic carbocycles. The average molecular weight is 627 g/mol. The molecule has 1 N–H and O–H groups in total. The number of methoxy groups -OCH3 is 1. The van der Waals surface area contributed by atoms with Crippen LogP contribution in [0.3, 0.4) is 0 Å². The minimum absolute atomic E-state index is 0.0181. The number of carbonyl (C=O) groups is 1. The molecule has 0 aromatic heterocycles. The summed E-state index contributed by atoms with van der Waals surface area (Å²) in [6.07, 6.45) is -0.106. The van der Waals surface area contributed by atoms with Gasteiger partial charge in [0.15, 0.2) is 8.32 Å². The zero-order chi connectivity index (χ0) is 31.5. The van der Waals surface area contributed by atoms with Crippen molar-refractivity contribution in [3.05, 3.63) is 96.1 Å². The molecule has 0 bridgehead atoms. The van der Waals surface area contributed by atoms with Crippen molar-refractivity contribution in [3.8, 4) is 5.75 Å². The normalized spacial score (nSPS) is 13.6. The maximum atomic E-state index is 13.8. The van der Waals surface area contributed by atoms with Crippen molar-refractivity contribution < 1.29 is 27.2 Å². The molecule has 0 aliphatic heterocycles. The van der Waals surface area contributed by atoms with E-state index in [1.807, 2.05) is 67.6 Å². The van der Waals surface area contributed by atoms with E-state index in [0.29, 0.717) is 24.8 Å². The second kappa shape index (κ2) is 16.2. The van der Waals surface area contributed by atoms with E-state index in [1.165, 1.54) is 4.31 Å². The first-order valence-corrected chi connectivity index (χ1v) is 19.3. The Labute approximate surface area is 258 Å². The van der Waals surface area contributed by atoms with E-state index in [0.717, 1.165) is 11.1 Å². The van der Waals surface area contributed by atoms with Crippen molar-refractivity contribution in [2.24, 2.45) is 11.8 Å². The van der Waals surface area contributed by atoms with E-state index in [4.69, 9.17) is 14.0 Å². The van der Waals surface area contributed by atoms with Crippen molar-refractivity contribution >= 4 is 24.2 Å². The minimum atomic E-state index is -3.79. The number of nitrogens with one attached hydrogen (secondary N) is 1. The quantitative estimate of drug-likeness (QED) is 0.138. The van der Waals surface area contributed by atoms with Crippen LogP contribution in [0.1, 0.15) is 38.3 Å². The summed E-state index contributed by atoms with van der Waals surface area (Å²) in [5.74, 6) is 0.515. The van der Waals surface area contributed by atoms with Gasteiger partial charge in [0.2, 0.25) is 10.0 Å². The number of ether oxygens (including phenoxy) is 1. The fourth-order valence-corrected chi connectivity index (χ4v) is 9.51. The molecule has 1 amide bonds. The monoisotopic (exact) mass is 626 g/mol. The molecule has 0 aliphatic rings. The van der Waals surface area contributed by atoms with Crippen LogP contribution in [-0.4, -0.2) is 46.7 Å². The van der Waals surface area contributed by atoms with Gasteiger partial charge in [-0.05, 0) is 72.8 Å². The topological polar surface area (TPSA) is 94.2 Å². The predicted molar refractivity (Wildman–Crippen MR) is 172 cm³/mol. The SMILES string of the molecule is COc1ccc(S(=O)(=O)N(Cc2ccccc2)C[C@@H](C)C[Si](C)(C)OC(CC(C)C)C(=O)NOCc2ccccc2)cc1. The first-order valence-electron chi connectivity index (χ1n) is 14.7. The maximum Gasteiger partial charge on any atom is 0.271 e. The molecule has 0 spiro atoms. The Kier molecular flexibility index (Phi) is 13.0. The van der Waals surface area contributed by atoms with Crippen molar-refractivity contribution in [1.29, 1.82) is 0 Å². The highest BCUT2D eigenvalue weighted by Gasteiger charge is 2.34. The molecule has 8 nitrogen and oxygen atoms in total. The lowest BCUT2D eigenvalue weighted by Gasteiger charge is -2.33. The summed E-state index contributed by atoms with van der Waals surface area (Å²) in [5.41, 5.74) is 4.44. The van der Waals surface area contributed by atoms with Crippen LogP contribution in [0.25, 0.3) is 0 Å². The molecule has 234 valence electrons. The summed E-state index contributed by atoms with van der Waals surface area (Å²) in [6.45, 7) is 11.1. The summed E-state index contributed by atoms with van der Waals surface area (Å²) >= 11 is 0. The first-order chi connectivity index (χ1) is 20.4. The van der Waals surface area contributed by atoms with Gasteiger partial charge in [0.1, 0.15) is 11.9 Å². The van der Waals surface area contributed by atoms with E-state index in [1.54, 1.807) is 31.4 Å². The number of sulfonamides is 1. The molecule has 0 saturated carbocycles. The lowest BCUT2D eigenvalue weighted by Crippen LogP contribution is -2.46. The van der Waals surface area contributed by atoms with Gasteiger partial charge in [0.05, 0.1) is 18.6 Å².